The summed E-state index contributed by atoms with van der Waals surface area (Å²) in [6, 6.07) is 0.0868. The Morgan fingerprint density at radius 1 is 1.06 bits per heavy atom. The zero-order valence-corrected chi connectivity index (χ0v) is 10.9. The first kappa shape index (κ1) is 13.3. The summed E-state index contributed by atoms with van der Waals surface area (Å²) in [5.41, 5.74) is 0. The molecule has 1 rings (SSSR count). The molecule has 2 amide bonds. The Labute approximate surface area is 98.6 Å². The molecule has 0 aromatic carbocycles. The Morgan fingerprint density at radius 2 is 1.62 bits per heavy atom. The number of amides is 2. The van der Waals surface area contributed by atoms with Gasteiger partial charge in [0, 0.05) is 33.7 Å². The lowest BCUT2D eigenvalue weighted by Gasteiger charge is -2.34. The van der Waals surface area contributed by atoms with E-state index in [9.17, 15) is 4.79 Å². The topological polar surface area (TPSA) is 30.0 Å². The molecular weight excluding hydrogens is 204 g/mol. The monoisotopic (exact) mass is 228 g/mol. The molecule has 1 aliphatic rings. The van der Waals surface area contributed by atoms with Gasteiger partial charge in [-0.3, -0.25) is 5.01 Å². The lowest BCUT2D eigenvalue weighted by atomic mass is 10.4. The molecule has 94 valence electrons. The van der Waals surface area contributed by atoms with Crippen LogP contribution in [-0.2, 0) is 0 Å². The number of carbonyl (C=O) groups excluding carboxylic acids is 1. The molecule has 1 heterocycles. The highest BCUT2D eigenvalue weighted by atomic mass is 16.2. The fraction of sp³-hybridized carbons (Fsp3) is 0.909. The van der Waals surface area contributed by atoms with Crippen LogP contribution >= 0.6 is 0 Å². The number of carbonyl (C=O) groups is 1. The summed E-state index contributed by atoms with van der Waals surface area (Å²) < 4.78 is 0. The van der Waals surface area contributed by atoms with Crippen LogP contribution in [0.2, 0.25) is 0 Å². The van der Waals surface area contributed by atoms with E-state index in [0.29, 0.717) is 0 Å². The highest BCUT2D eigenvalue weighted by Crippen LogP contribution is 2.12. The smallest absolute Gasteiger partial charge is 0.330 e. The normalized spacial score (nSPS) is 16.8. The summed E-state index contributed by atoms with van der Waals surface area (Å²) in [6.45, 7) is 3.68. The third kappa shape index (κ3) is 3.64. The van der Waals surface area contributed by atoms with Crippen LogP contribution in [0.3, 0.4) is 0 Å². The van der Waals surface area contributed by atoms with Gasteiger partial charge < -0.3 is 9.80 Å². The number of rotatable bonds is 4. The second-order valence-electron chi connectivity index (χ2n) is 4.76. The Balaban J connectivity index is 2.56. The number of likely N-dealkylation sites (N-methyl/N-ethyl adjacent to an activating group) is 1. The summed E-state index contributed by atoms with van der Waals surface area (Å²) in [4.78, 5) is 15.8. The molecule has 5 nitrogen and oxygen atoms in total. The van der Waals surface area contributed by atoms with Crippen LogP contribution in [0.15, 0.2) is 0 Å². The van der Waals surface area contributed by atoms with Crippen molar-refractivity contribution in [3.63, 3.8) is 0 Å². The van der Waals surface area contributed by atoms with Gasteiger partial charge in [-0.2, -0.15) is 0 Å². The van der Waals surface area contributed by atoms with Gasteiger partial charge in [-0.25, -0.2) is 9.80 Å². The fourth-order valence-electron chi connectivity index (χ4n) is 1.83. The van der Waals surface area contributed by atoms with E-state index in [1.807, 2.05) is 19.1 Å². The highest BCUT2D eigenvalue weighted by molar-refractivity contribution is 5.73. The number of hydrogen-bond acceptors (Lipinski definition) is 3. The predicted molar refractivity (Wildman–Crippen MR) is 65.2 cm³/mol. The maximum atomic E-state index is 12.0. The molecule has 0 bridgehead atoms. The summed E-state index contributed by atoms with van der Waals surface area (Å²) in [5, 5.41) is 4.05. The van der Waals surface area contributed by atoms with Crippen molar-refractivity contribution < 1.29 is 4.79 Å². The van der Waals surface area contributed by atoms with Crippen LogP contribution in [0, 0.1) is 0 Å². The minimum atomic E-state index is 0.0868. The van der Waals surface area contributed by atoms with Gasteiger partial charge in [-0.15, -0.1) is 0 Å². The van der Waals surface area contributed by atoms with E-state index in [0.717, 1.165) is 26.2 Å². The van der Waals surface area contributed by atoms with E-state index >= 15 is 0 Å². The van der Waals surface area contributed by atoms with Crippen LogP contribution in [0.25, 0.3) is 0 Å². The van der Waals surface area contributed by atoms with Gasteiger partial charge in [0.1, 0.15) is 0 Å². The van der Waals surface area contributed by atoms with Crippen LogP contribution in [0.4, 0.5) is 4.79 Å². The van der Waals surface area contributed by atoms with Gasteiger partial charge in [-0.05, 0) is 26.9 Å². The molecule has 0 aromatic rings. The van der Waals surface area contributed by atoms with Gasteiger partial charge in [0.25, 0.3) is 0 Å². The highest BCUT2D eigenvalue weighted by Gasteiger charge is 2.25. The molecule has 0 aromatic heterocycles. The van der Waals surface area contributed by atoms with Crippen molar-refractivity contribution >= 4 is 6.03 Å². The van der Waals surface area contributed by atoms with Crippen LogP contribution < -0.4 is 0 Å². The zero-order chi connectivity index (χ0) is 12.1. The van der Waals surface area contributed by atoms with Crippen LogP contribution in [-0.4, -0.2) is 80.2 Å². The molecule has 1 fully saturated rings. The number of hydrogen-bond donors (Lipinski definition) is 0. The van der Waals surface area contributed by atoms with Crippen LogP contribution in [0.5, 0.6) is 0 Å². The lowest BCUT2D eigenvalue weighted by Crippen LogP contribution is -2.51. The molecular formula is C11H24N4O. The first-order valence-corrected chi connectivity index (χ1v) is 5.91. The third-order valence-electron chi connectivity index (χ3n) is 2.79. The first-order chi connectivity index (χ1) is 7.52. The minimum Gasteiger partial charge on any atom is -0.330 e. The van der Waals surface area contributed by atoms with Crippen molar-refractivity contribution in [3.8, 4) is 0 Å². The standard InChI is InChI=1S/C11H24N4O/c1-12(2)9-10-15(11(16)13(3)4)14-7-5-6-8-14/h5-10H2,1-4H3. The third-order valence-corrected chi connectivity index (χ3v) is 2.79. The molecule has 0 radical (unpaired) electrons. The average molecular weight is 228 g/mol. The fourth-order valence-corrected chi connectivity index (χ4v) is 1.83. The number of nitrogens with zero attached hydrogens (tertiary/aromatic N) is 4. The van der Waals surface area contributed by atoms with E-state index in [-0.39, 0.29) is 6.03 Å². The molecule has 16 heavy (non-hydrogen) atoms. The predicted octanol–water partition coefficient (Wildman–Crippen LogP) is 0.542. The molecule has 0 atom stereocenters. The van der Waals surface area contributed by atoms with E-state index in [4.69, 9.17) is 0 Å². The van der Waals surface area contributed by atoms with Gasteiger partial charge in [0.05, 0.1) is 6.54 Å². The number of urea groups is 1. The SMILES string of the molecule is CN(C)CCN(C(=O)N(C)C)N1CCCC1. The van der Waals surface area contributed by atoms with Gasteiger partial charge in [0.15, 0.2) is 0 Å². The molecule has 0 N–H and O–H groups in total. The van der Waals surface area contributed by atoms with E-state index in [1.165, 1.54) is 12.8 Å². The number of hydrazine groups is 1. The van der Waals surface area contributed by atoms with E-state index in [1.54, 1.807) is 19.0 Å². The maximum Gasteiger partial charge on any atom is 0.334 e. The van der Waals surface area contributed by atoms with Gasteiger partial charge in [0.2, 0.25) is 0 Å². The van der Waals surface area contributed by atoms with Crippen LogP contribution in [0.1, 0.15) is 12.8 Å². The molecule has 0 unspecified atom stereocenters. The van der Waals surface area contributed by atoms with Gasteiger partial charge >= 0.3 is 6.03 Å². The van der Waals surface area contributed by atoms with E-state index < -0.39 is 0 Å². The van der Waals surface area contributed by atoms with Crippen molar-refractivity contribution in [3.05, 3.63) is 0 Å². The first-order valence-electron chi connectivity index (χ1n) is 5.91. The lowest BCUT2D eigenvalue weighted by molar-refractivity contribution is 0.0192. The Bertz CT molecular complexity index is 224. The minimum absolute atomic E-state index is 0.0868. The molecule has 0 saturated carbocycles. The summed E-state index contributed by atoms with van der Waals surface area (Å²) in [6.07, 6.45) is 2.39. The molecule has 5 heteroatoms. The summed E-state index contributed by atoms with van der Waals surface area (Å²) in [7, 11) is 7.67. The second kappa shape index (κ2) is 6.06. The summed E-state index contributed by atoms with van der Waals surface area (Å²) in [5.74, 6) is 0. The molecule has 0 spiro atoms. The Kier molecular flexibility index (Phi) is 5.02. The summed E-state index contributed by atoms with van der Waals surface area (Å²) >= 11 is 0. The zero-order valence-electron chi connectivity index (χ0n) is 10.9. The quantitative estimate of drug-likeness (QED) is 0.703. The molecule has 1 saturated heterocycles. The Hall–Kier alpha value is -0.810. The molecule has 1 aliphatic heterocycles. The maximum absolute atomic E-state index is 12.0. The van der Waals surface area contributed by atoms with Gasteiger partial charge in [-0.1, -0.05) is 0 Å². The average Bonchev–Trinajstić information content (AvgIpc) is 2.70. The van der Waals surface area contributed by atoms with Crippen molar-refractivity contribution in [2.75, 3.05) is 54.4 Å². The Morgan fingerprint density at radius 3 is 2.06 bits per heavy atom. The van der Waals surface area contributed by atoms with Crippen molar-refractivity contribution in [2.45, 2.75) is 12.8 Å². The van der Waals surface area contributed by atoms with E-state index in [2.05, 4.69) is 9.91 Å². The second-order valence-corrected chi connectivity index (χ2v) is 4.76. The van der Waals surface area contributed by atoms with Crippen molar-refractivity contribution in [2.24, 2.45) is 0 Å². The van der Waals surface area contributed by atoms with Crippen molar-refractivity contribution in [1.82, 2.24) is 19.8 Å². The largest absolute Gasteiger partial charge is 0.334 e. The molecule has 0 aliphatic carbocycles. The van der Waals surface area contributed by atoms with Crippen molar-refractivity contribution in [1.29, 1.82) is 0 Å².